The zero-order chi connectivity index (χ0) is 24.1. The number of likely N-dealkylation sites (tertiary alicyclic amines) is 1. The number of allylic oxidation sites excluding steroid dienone is 2. The molecule has 7 atom stereocenters. The molecule has 0 spiro atoms. The lowest BCUT2D eigenvalue weighted by Gasteiger charge is -2.37. The number of nitrogens with zero attached hydrogens (tertiary/aromatic N) is 1. The Kier molecular flexibility index (Phi) is 5.28. The summed E-state index contributed by atoms with van der Waals surface area (Å²) in [6, 6.07) is 17.0. The Morgan fingerprint density at radius 2 is 1.46 bits per heavy atom. The van der Waals surface area contributed by atoms with Crippen molar-refractivity contribution >= 4 is 29.4 Å². The van der Waals surface area contributed by atoms with Crippen molar-refractivity contribution in [2.45, 2.75) is 18.9 Å². The number of rotatable bonds is 7. The maximum atomic E-state index is 13.6. The van der Waals surface area contributed by atoms with Crippen LogP contribution in [0.3, 0.4) is 0 Å². The summed E-state index contributed by atoms with van der Waals surface area (Å²) < 4.78 is 5.36. The van der Waals surface area contributed by atoms with Crippen molar-refractivity contribution in [2.75, 3.05) is 11.9 Å². The van der Waals surface area contributed by atoms with E-state index in [1.54, 1.807) is 24.3 Å². The molecule has 5 aliphatic rings. The van der Waals surface area contributed by atoms with Gasteiger partial charge in [0.05, 0.1) is 11.8 Å². The molecule has 7 heteroatoms. The van der Waals surface area contributed by atoms with Gasteiger partial charge in [0.2, 0.25) is 11.8 Å². The first-order valence-electron chi connectivity index (χ1n) is 12.1. The number of benzene rings is 2. The van der Waals surface area contributed by atoms with Gasteiger partial charge >= 0.3 is 5.97 Å². The lowest BCUT2D eigenvalue weighted by Crippen LogP contribution is -2.48. The molecule has 1 aliphatic heterocycles. The van der Waals surface area contributed by atoms with E-state index in [2.05, 4.69) is 17.5 Å². The van der Waals surface area contributed by atoms with Crippen molar-refractivity contribution in [1.82, 2.24) is 4.90 Å². The van der Waals surface area contributed by atoms with Gasteiger partial charge in [-0.25, -0.2) is 4.79 Å². The number of imide groups is 1. The van der Waals surface area contributed by atoms with Crippen LogP contribution in [-0.4, -0.2) is 41.2 Å². The van der Waals surface area contributed by atoms with Gasteiger partial charge in [-0.2, -0.15) is 0 Å². The smallest absolute Gasteiger partial charge is 0.330 e. The summed E-state index contributed by atoms with van der Waals surface area (Å²) in [5.74, 6) is -1.49. The van der Waals surface area contributed by atoms with E-state index in [0.29, 0.717) is 17.5 Å². The number of amides is 3. The van der Waals surface area contributed by atoms with Crippen LogP contribution in [0.5, 0.6) is 0 Å². The van der Waals surface area contributed by atoms with Crippen LogP contribution in [0, 0.1) is 35.5 Å². The quantitative estimate of drug-likeness (QED) is 0.382. The molecule has 2 aromatic rings. The van der Waals surface area contributed by atoms with E-state index in [9.17, 15) is 19.2 Å². The maximum Gasteiger partial charge on any atom is 0.330 e. The Morgan fingerprint density at radius 1 is 0.886 bits per heavy atom. The molecule has 0 unspecified atom stereocenters. The van der Waals surface area contributed by atoms with Crippen molar-refractivity contribution in [3.05, 3.63) is 78.4 Å². The second-order valence-electron chi connectivity index (χ2n) is 9.93. The maximum absolute atomic E-state index is 13.6. The Balaban J connectivity index is 1.22. The minimum absolute atomic E-state index is 0.0708. The van der Waals surface area contributed by atoms with E-state index in [0.717, 1.165) is 16.9 Å². The highest BCUT2D eigenvalue weighted by Crippen LogP contribution is 2.65. The number of carbonyl (C=O) groups is 4. The van der Waals surface area contributed by atoms with Crippen LogP contribution in [0.2, 0.25) is 0 Å². The third-order valence-corrected chi connectivity index (χ3v) is 7.96. The molecule has 1 saturated heterocycles. The molecule has 2 bridgehead atoms. The van der Waals surface area contributed by atoms with Crippen LogP contribution >= 0.6 is 0 Å². The van der Waals surface area contributed by atoms with Crippen LogP contribution in [0.1, 0.15) is 12.0 Å². The topological polar surface area (TPSA) is 92.8 Å². The zero-order valence-electron chi connectivity index (χ0n) is 19.1. The van der Waals surface area contributed by atoms with Crippen LogP contribution < -0.4 is 5.32 Å². The van der Waals surface area contributed by atoms with Gasteiger partial charge in [-0.1, -0.05) is 60.7 Å². The van der Waals surface area contributed by atoms with Gasteiger partial charge in [0.25, 0.3) is 5.91 Å². The number of anilines is 1. The molecule has 2 aromatic carbocycles. The summed E-state index contributed by atoms with van der Waals surface area (Å²) in [4.78, 5) is 54.0. The minimum atomic E-state index is -1.11. The van der Waals surface area contributed by atoms with Crippen LogP contribution in [-0.2, 0) is 30.3 Å². The molecule has 35 heavy (non-hydrogen) atoms. The Bertz CT molecular complexity index is 1170. The summed E-state index contributed by atoms with van der Waals surface area (Å²) >= 11 is 0. The van der Waals surface area contributed by atoms with Crippen LogP contribution in [0.25, 0.3) is 0 Å². The summed E-state index contributed by atoms with van der Waals surface area (Å²) in [6.45, 7) is -0.501. The Morgan fingerprint density at radius 3 is 2.06 bits per heavy atom. The molecular formula is C28H26N2O5. The zero-order valence-corrected chi connectivity index (χ0v) is 19.1. The number of hydrogen-bond acceptors (Lipinski definition) is 5. The summed E-state index contributed by atoms with van der Waals surface area (Å²) in [6.07, 6.45) is 5.43. The van der Waals surface area contributed by atoms with Crippen molar-refractivity contribution in [3.63, 3.8) is 0 Å². The standard InChI is InChI=1S/C28H26N2O5/c31-23(29-17-9-5-2-6-10-17)15-35-28(34)22(13-16-7-3-1-4-8-16)30-26(32)24-18-11-12-19(21-14-20(18)21)25(24)27(30)33/h1-12,18-22,24-25H,13-15H2,(H,29,31)/t18-,19-,20-,21-,22+,24-,25+/m1/s1. The summed E-state index contributed by atoms with van der Waals surface area (Å²) in [5, 5.41) is 2.67. The number of ether oxygens (including phenoxy) is 1. The van der Waals surface area contributed by atoms with Gasteiger partial charge in [-0.3, -0.25) is 19.3 Å². The molecule has 4 aliphatic carbocycles. The molecule has 7 rings (SSSR count). The molecule has 7 nitrogen and oxygen atoms in total. The molecule has 178 valence electrons. The molecule has 1 heterocycles. The first-order valence-corrected chi connectivity index (χ1v) is 12.1. The molecule has 3 amide bonds. The lowest BCUT2D eigenvalue weighted by molar-refractivity contribution is -0.160. The van der Waals surface area contributed by atoms with E-state index in [4.69, 9.17) is 4.74 Å². The van der Waals surface area contributed by atoms with Gasteiger partial charge in [-0.15, -0.1) is 0 Å². The fraction of sp³-hybridized carbons (Fsp3) is 0.357. The van der Waals surface area contributed by atoms with Gasteiger partial charge < -0.3 is 10.1 Å². The number of nitrogens with one attached hydrogen (secondary N) is 1. The van der Waals surface area contributed by atoms with Crippen LogP contribution in [0.4, 0.5) is 5.69 Å². The predicted octanol–water partition coefficient (Wildman–Crippen LogP) is 2.83. The van der Waals surface area contributed by atoms with Gasteiger partial charge in [-0.05, 0) is 47.8 Å². The molecule has 2 saturated carbocycles. The second-order valence-corrected chi connectivity index (χ2v) is 9.93. The molecular weight excluding hydrogens is 444 g/mol. The molecule has 1 N–H and O–H groups in total. The average molecular weight is 471 g/mol. The third-order valence-electron chi connectivity index (χ3n) is 7.96. The van der Waals surface area contributed by atoms with E-state index in [1.165, 1.54) is 0 Å². The molecule has 0 aromatic heterocycles. The monoisotopic (exact) mass is 470 g/mol. The number of esters is 1. The summed E-state index contributed by atoms with van der Waals surface area (Å²) in [5.41, 5.74) is 1.40. The van der Waals surface area contributed by atoms with Crippen LogP contribution in [0.15, 0.2) is 72.8 Å². The predicted molar refractivity (Wildman–Crippen MR) is 127 cm³/mol. The van der Waals surface area contributed by atoms with Crippen molar-refractivity contribution in [3.8, 4) is 0 Å². The molecule has 3 fully saturated rings. The lowest BCUT2D eigenvalue weighted by atomic mass is 9.63. The fourth-order valence-electron chi connectivity index (χ4n) is 6.36. The third kappa shape index (κ3) is 3.75. The average Bonchev–Trinajstić information content (AvgIpc) is 3.66. The van der Waals surface area contributed by atoms with Gasteiger partial charge in [0, 0.05) is 12.1 Å². The van der Waals surface area contributed by atoms with Crippen molar-refractivity contribution < 1.29 is 23.9 Å². The largest absolute Gasteiger partial charge is 0.454 e. The number of carbonyl (C=O) groups excluding carboxylic acids is 4. The Hall–Kier alpha value is -3.74. The van der Waals surface area contributed by atoms with Gasteiger partial charge in [0.15, 0.2) is 6.61 Å². The normalized spacial score (nSPS) is 30.5. The summed E-state index contributed by atoms with van der Waals surface area (Å²) in [7, 11) is 0. The van der Waals surface area contributed by atoms with Crippen molar-refractivity contribution in [2.24, 2.45) is 35.5 Å². The minimum Gasteiger partial charge on any atom is -0.454 e. The number of hydrogen-bond donors (Lipinski definition) is 1. The fourth-order valence-corrected chi connectivity index (χ4v) is 6.36. The first kappa shape index (κ1) is 21.8. The van der Waals surface area contributed by atoms with Crippen molar-refractivity contribution in [1.29, 1.82) is 0 Å². The highest BCUT2D eigenvalue weighted by Gasteiger charge is 2.68. The van der Waals surface area contributed by atoms with E-state index < -0.39 is 36.4 Å². The highest BCUT2D eigenvalue weighted by molar-refractivity contribution is 6.09. The number of para-hydroxylation sites is 1. The second kappa shape index (κ2) is 8.48. The first-order chi connectivity index (χ1) is 17.0. The van der Waals surface area contributed by atoms with E-state index in [-0.39, 0.29) is 30.1 Å². The van der Waals surface area contributed by atoms with E-state index in [1.807, 2.05) is 36.4 Å². The van der Waals surface area contributed by atoms with E-state index >= 15 is 0 Å². The van der Waals surface area contributed by atoms with Gasteiger partial charge in [0.1, 0.15) is 6.04 Å². The highest BCUT2D eigenvalue weighted by atomic mass is 16.5. The SMILES string of the molecule is O=C(COC(=O)[C@H](Cc1ccccc1)N1C(=O)[C@@H]2[C@@H]3C=C[C@H]([C@H]4C[C@H]34)[C@@H]2C1=O)Nc1ccccc1. The Labute approximate surface area is 203 Å². The molecule has 0 radical (unpaired) electrons.